The summed E-state index contributed by atoms with van der Waals surface area (Å²) in [5.41, 5.74) is 1.16. The lowest BCUT2D eigenvalue weighted by Crippen LogP contribution is -2.52. The SMILES string of the molecule is CC(C)COc1ccc(C(CO)N2CCN(C)CC2C)cc1. The van der Waals surface area contributed by atoms with E-state index in [9.17, 15) is 5.11 Å². The van der Waals surface area contributed by atoms with Crippen molar-refractivity contribution in [1.29, 1.82) is 0 Å². The number of nitrogens with zero attached hydrogens (tertiary/aromatic N) is 2. The van der Waals surface area contributed by atoms with Gasteiger partial charge in [-0.3, -0.25) is 4.90 Å². The Morgan fingerprint density at radius 3 is 2.45 bits per heavy atom. The van der Waals surface area contributed by atoms with E-state index < -0.39 is 0 Å². The molecule has 22 heavy (non-hydrogen) atoms. The van der Waals surface area contributed by atoms with Crippen LogP contribution in [0, 0.1) is 5.92 Å². The number of piperazine rings is 1. The van der Waals surface area contributed by atoms with Crippen LogP contribution in [-0.2, 0) is 0 Å². The maximum atomic E-state index is 9.87. The molecule has 1 aliphatic heterocycles. The lowest BCUT2D eigenvalue weighted by Gasteiger charge is -2.42. The minimum absolute atomic E-state index is 0.0721. The molecule has 1 heterocycles. The van der Waals surface area contributed by atoms with E-state index in [-0.39, 0.29) is 12.6 Å². The second kappa shape index (κ2) is 7.95. The van der Waals surface area contributed by atoms with Crippen molar-refractivity contribution in [2.75, 3.05) is 39.9 Å². The third-order valence-corrected chi connectivity index (χ3v) is 4.30. The van der Waals surface area contributed by atoms with Gasteiger partial charge in [-0.15, -0.1) is 0 Å². The lowest BCUT2D eigenvalue weighted by molar-refractivity contribution is 0.0341. The topological polar surface area (TPSA) is 35.9 Å². The average Bonchev–Trinajstić information content (AvgIpc) is 2.49. The first-order chi connectivity index (χ1) is 10.5. The molecule has 124 valence electrons. The van der Waals surface area contributed by atoms with Crippen molar-refractivity contribution in [3.63, 3.8) is 0 Å². The molecule has 1 aromatic carbocycles. The van der Waals surface area contributed by atoms with Crippen molar-refractivity contribution in [1.82, 2.24) is 9.80 Å². The van der Waals surface area contributed by atoms with Crippen molar-refractivity contribution in [3.8, 4) is 5.75 Å². The van der Waals surface area contributed by atoms with Crippen molar-refractivity contribution < 1.29 is 9.84 Å². The predicted octanol–water partition coefficient (Wildman–Crippen LogP) is 2.39. The molecule has 1 fully saturated rings. The maximum absolute atomic E-state index is 9.87. The molecule has 4 nitrogen and oxygen atoms in total. The van der Waals surface area contributed by atoms with Crippen molar-refractivity contribution in [2.24, 2.45) is 5.92 Å². The van der Waals surface area contributed by atoms with Gasteiger partial charge in [-0.2, -0.15) is 0 Å². The summed E-state index contributed by atoms with van der Waals surface area (Å²) in [6.07, 6.45) is 0. The van der Waals surface area contributed by atoms with Gasteiger partial charge in [0.25, 0.3) is 0 Å². The largest absolute Gasteiger partial charge is 0.493 e. The van der Waals surface area contributed by atoms with E-state index >= 15 is 0 Å². The zero-order valence-electron chi connectivity index (χ0n) is 14.3. The second-order valence-electron chi connectivity index (χ2n) is 6.82. The Hall–Kier alpha value is -1.10. The van der Waals surface area contributed by atoms with Crippen molar-refractivity contribution >= 4 is 0 Å². The van der Waals surface area contributed by atoms with E-state index in [0.717, 1.165) is 37.6 Å². The van der Waals surface area contributed by atoms with Crippen LogP contribution in [0.4, 0.5) is 0 Å². The number of aliphatic hydroxyl groups excluding tert-OH is 1. The smallest absolute Gasteiger partial charge is 0.119 e. The molecule has 0 spiro atoms. The molecule has 0 bridgehead atoms. The Kier molecular flexibility index (Phi) is 6.24. The van der Waals surface area contributed by atoms with Gasteiger partial charge >= 0.3 is 0 Å². The van der Waals surface area contributed by atoms with Gasteiger partial charge in [0.1, 0.15) is 5.75 Å². The fraction of sp³-hybridized carbons (Fsp3) is 0.667. The standard InChI is InChI=1S/C18H30N2O2/c1-14(2)13-22-17-7-5-16(6-8-17)18(12-21)20-10-9-19(4)11-15(20)3/h5-8,14-15,18,21H,9-13H2,1-4H3. The number of benzene rings is 1. The summed E-state index contributed by atoms with van der Waals surface area (Å²) in [5, 5.41) is 9.87. The first-order valence-corrected chi connectivity index (χ1v) is 8.29. The number of hydrogen-bond acceptors (Lipinski definition) is 4. The highest BCUT2D eigenvalue weighted by molar-refractivity contribution is 5.29. The lowest BCUT2D eigenvalue weighted by atomic mass is 10.0. The Bertz CT molecular complexity index is 447. The first kappa shape index (κ1) is 17.3. The van der Waals surface area contributed by atoms with Crippen LogP contribution in [0.5, 0.6) is 5.75 Å². The van der Waals surface area contributed by atoms with Crippen LogP contribution >= 0.6 is 0 Å². The molecule has 0 aliphatic carbocycles. The third-order valence-electron chi connectivity index (χ3n) is 4.30. The van der Waals surface area contributed by atoms with Gasteiger partial charge in [0.15, 0.2) is 0 Å². The molecule has 0 saturated carbocycles. The third kappa shape index (κ3) is 4.45. The normalized spacial score (nSPS) is 22.0. The van der Waals surface area contributed by atoms with Crippen LogP contribution in [0.25, 0.3) is 0 Å². The quantitative estimate of drug-likeness (QED) is 0.875. The van der Waals surface area contributed by atoms with Gasteiger partial charge in [-0.05, 0) is 37.6 Å². The van der Waals surface area contributed by atoms with E-state index in [0.29, 0.717) is 12.0 Å². The number of ether oxygens (including phenoxy) is 1. The van der Waals surface area contributed by atoms with E-state index in [2.05, 4.69) is 49.8 Å². The highest BCUT2D eigenvalue weighted by Crippen LogP contribution is 2.26. The van der Waals surface area contributed by atoms with Gasteiger partial charge in [0.05, 0.1) is 19.3 Å². The van der Waals surface area contributed by atoms with Crippen molar-refractivity contribution in [3.05, 3.63) is 29.8 Å². The summed E-state index contributed by atoms with van der Waals surface area (Å²) in [4.78, 5) is 4.75. The van der Waals surface area contributed by atoms with Gasteiger partial charge in [0.2, 0.25) is 0 Å². The number of likely N-dealkylation sites (N-methyl/N-ethyl adjacent to an activating group) is 1. The molecule has 2 rings (SSSR count). The van der Waals surface area contributed by atoms with E-state index in [4.69, 9.17) is 4.74 Å². The predicted molar refractivity (Wildman–Crippen MR) is 90.3 cm³/mol. The zero-order valence-corrected chi connectivity index (χ0v) is 14.3. The summed E-state index contributed by atoms with van der Waals surface area (Å²) < 4.78 is 5.73. The van der Waals surface area contributed by atoms with Crippen LogP contribution in [0.3, 0.4) is 0 Å². The number of rotatable bonds is 6. The molecular formula is C18H30N2O2. The van der Waals surface area contributed by atoms with E-state index in [1.165, 1.54) is 0 Å². The fourth-order valence-corrected chi connectivity index (χ4v) is 3.07. The summed E-state index contributed by atoms with van der Waals surface area (Å²) >= 11 is 0. The number of hydrogen-bond donors (Lipinski definition) is 1. The Morgan fingerprint density at radius 1 is 1.23 bits per heavy atom. The molecule has 0 radical (unpaired) electrons. The van der Waals surface area contributed by atoms with Crippen LogP contribution in [0.2, 0.25) is 0 Å². The molecular weight excluding hydrogens is 276 g/mol. The molecule has 1 aromatic rings. The Morgan fingerprint density at radius 2 is 1.91 bits per heavy atom. The summed E-state index contributed by atoms with van der Waals surface area (Å²) in [6, 6.07) is 8.72. The minimum Gasteiger partial charge on any atom is -0.493 e. The summed E-state index contributed by atoms with van der Waals surface area (Å²) in [5.74, 6) is 1.43. The summed E-state index contributed by atoms with van der Waals surface area (Å²) in [6.45, 7) is 10.5. The average molecular weight is 306 g/mol. The zero-order chi connectivity index (χ0) is 16.1. The molecule has 1 aliphatic rings. The highest BCUT2D eigenvalue weighted by atomic mass is 16.5. The van der Waals surface area contributed by atoms with E-state index in [1.807, 2.05) is 12.1 Å². The van der Waals surface area contributed by atoms with Crippen LogP contribution in [0.15, 0.2) is 24.3 Å². The fourth-order valence-electron chi connectivity index (χ4n) is 3.07. The Labute approximate surface area is 134 Å². The van der Waals surface area contributed by atoms with Crippen LogP contribution < -0.4 is 4.74 Å². The Balaban J connectivity index is 2.04. The van der Waals surface area contributed by atoms with Gasteiger partial charge in [-0.1, -0.05) is 26.0 Å². The molecule has 0 aromatic heterocycles. The second-order valence-corrected chi connectivity index (χ2v) is 6.82. The van der Waals surface area contributed by atoms with Crippen molar-refractivity contribution in [2.45, 2.75) is 32.9 Å². The van der Waals surface area contributed by atoms with E-state index in [1.54, 1.807) is 0 Å². The monoisotopic (exact) mass is 306 g/mol. The number of aliphatic hydroxyl groups is 1. The molecule has 0 amide bonds. The maximum Gasteiger partial charge on any atom is 0.119 e. The summed E-state index contributed by atoms with van der Waals surface area (Å²) in [7, 11) is 2.16. The van der Waals surface area contributed by atoms with Gasteiger partial charge in [0, 0.05) is 25.7 Å². The van der Waals surface area contributed by atoms with Gasteiger partial charge < -0.3 is 14.7 Å². The molecule has 2 unspecified atom stereocenters. The van der Waals surface area contributed by atoms with Crippen LogP contribution in [-0.4, -0.2) is 60.8 Å². The minimum atomic E-state index is 0.0721. The molecule has 2 atom stereocenters. The van der Waals surface area contributed by atoms with Gasteiger partial charge in [-0.25, -0.2) is 0 Å². The first-order valence-electron chi connectivity index (χ1n) is 8.29. The highest BCUT2D eigenvalue weighted by Gasteiger charge is 2.28. The van der Waals surface area contributed by atoms with Crippen LogP contribution in [0.1, 0.15) is 32.4 Å². The molecule has 1 saturated heterocycles. The molecule has 4 heteroatoms. The molecule has 1 N–H and O–H groups in total.